The molecule has 1 N–H and O–H groups in total. The van der Waals surface area contributed by atoms with Crippen LogP contribution in [0.3, 0.4) is 0 Å². The van der Waals surface area contributed by atoms with Crippen LogP contribution in [0.25, 0.3) is 0 Å². The standard InChI is InChI=1S/C26H36O7/c1-6-23-26(5,30)22(28)12-19-16(2)14-25(4,33-19)21(27)13-20(17(3)24(29)32-23)31-15-18-10-8-7-9-11-18/h7-11,16-17,19-20,23,30H,6,12-15H2,1-5H3/t16-,17-,19+,20-,23-,25-,26-/m1/s1. The van der Waals surface area contributed by atoms with Gasteiger partial charge >= 0.3 is 5.97 Å². The monoisotopic (exact) mass is 460 g/mol. The molecule has 2 bridgehead atoms. The number of esters is 1. The van der Waals surface area contributed by atoms with Crippen molar-refractivity contribution >= 4 is 17.5 Å². The zero-order valence-electron chi connectivity index (χ0n) is 20.2. The Bertz CT molecular complexity index is 865. The summed E-state index contributed by atoms with van der Waals surface area (Å²) >= 11 is 0. The number of rotatable bonds is 4. The van der Waals surface area contributed by atoms with E-state index in [9.17, 15) is 19.5 Å². The van der Waals surface area contributed by atoms with E-state index in [1.807, 2.05) is 37.3 Å². The van der Waals surface area contributed by atoms with Gasteiger partial charge in [-0.1, -0.05) is 44.2 Å². The van der Waals surface area contributed by atoms with Crippen LogP contribution in [0.15, 0.2) is 30.3 Å². The second-order valence-corrected chi connectivity index (χ2v) is 9.93. The van der Waals surface area contributed by atoms with Crippen molar-refractivity contribution in [1.29, 1.82) is 0 Å². The molecule has 7 nitrogen and oxygen atoms in total. The van der Waals surface area contributed by atoms with E-state index in [1.165, 1.54) is 6.92 Å². The van der Waals surface area contributed by atoms with Gasteiger partial charge in [0.2, 0.25) is 0 Å². The number of ketones is 2. The second-order valence-electron chi connectivity index (χ2n) is 9.93. The first-order valence-corrected chi connectivity index (χ1v) is 11.8. The number of aliphatic hydroxyl groups is 1. The van der Waals surface area contributed by atoms with E-state index in [0.29, 0.717) is 6.42 Å². The zero-order valence-corrected chi connectivity index (χ0v) is 20.2. The fourth-order valence-corrected chi connectivity index (χ4v) is 4.79. The number of ether oxygens (including phenoxy) is 3. The molecule has 7 heteroatoms. The Morgan fingerprint density at radius 2 is 1.73 bits per heavy atom. The molecular formula is C26H36O7. The molecule has 182 valence electrons. The number of fused-ring (bicyclic) bond motifs is 2. The molecule has 0 amide bonds. The summed E-state index contributed by atoms with van der Waals surface area (Å²) < 4.78 is 17.8. The SMILES string of the molecule is CC[C@H]1OC(=O)[C@H](C)[C@H](OCc2ccccc2)CC(=O)[C@@]2(C)C[C@@H](C)[C@H](CC(=O)[C@@]1(C)O)O2. The molecule has 0 spiro atoms. The largest absolute Gasteiger partial charge is 0.459 e. The Morgan fingerprint density at radius 1 is 1.06 bits per heavy atom. The lowest BCUT2D eigenvalue weighted by Crippen LogP contribution is -2.50. The first kappa shape index (κ1) is 25.5. The first-order chi connectivity index (χ1) is 15.5. The molecule has 0 saturated carbocycles. The van der Waals surface area contributed by atoms with Crippen molar-refractivity contribution in [3.63, 3.8) is 0 Å². The highest BCUT2D eigenvalue weighted by molar-refractivity contribution is 5.90. The van der Waals surface area contributed by atoms with Crippen molar-refractivity contribution in [2.75, 3.05) is 0 Å². The molecule has 0 aromatic heterocycles. The van der Waals surface area contributed by atoms with Gasteiger partial charge < -0.3 is 19.3 Å². The van der Waals surface area contributed by atoms with E-state index in [1.54, 1.807) is 20.8 Å². The molecule has 0 radical (unpaired) electrons. The molecule has 2 heterocycles. The number of hydrogen-bond donors (Lipinski definition) is 1. The summed E-state index contributed by atoms with van der Waals surface area (Å²) in [6.45, 7) is 8.70. The molecule has 0 unspecified atom stereocenters. The molecule has 2 aliphatic rings. The van der Waals surface area contributed by atoms with Crippen molar-refractivity contribution < 1.29 is 33.7 Å². The molecule has 7 atom stereocenters. The van der Waals surface area contributed by atoms with Gasteiger partial charge in [-0.3, -0.25) is 14.4 Å². The van der Waals surface area contributed by atoms with Crippen LogP contribution in [0.2, 0.25) is 0 Å². The predicted octanol–water partition coefficient (Wildman–Crippen LogP) is 3.40. The normalized spacial score (nSPS) is 38.2. The molecule has 3 rings (SSSR count). The Hall–Kier alpha value is -2.09. The van der Waals surface area contributed by atoms with Gasteiger partial charge in [-0.2, -0.15) is 0 Å². The van der Waals surface area contributed by atoms with Gasteiger partial charge in [0.25, 0.3) is 0 Å². The van der Waals surface area contributed by atoms with Gasteiger partial charge in [0, 0.05) is 12.8 Å². The average molecular weight is 461 g/mol. The maximum atomic E-state index is 13.4. The summed E-state index contributed by atoms with van der Waals surface area (Å²) in [5.41, 5.74) is -2.01. The fraction of sp³-hybridized carbons (Fsp3) is 0.654. The van der Waals surface area contributed by atoms with E-state index >= 15 is 0 Å². The molecule has 2 fully saturated rings. The van der Waals surface area contributed by atoms with Crippen molar-refractivity contribution in [3.05, 3.63) is 35.9 Å². The minimum absolute atomic E-state index is 0.0137. The number of cyclic esters (lactones) is 1. The van der Waals surface area contributed by atoms with Crippen molar-refractivity contribution in [2.45, 2.75) is 96.4 Å². The minimum atomic E-state index is -1.86. The molecule has 1 aromatic rings. The van der Waals surface area contributed by atoms with Crippen LogP contribution in [-0.2, 0) is 35.2 Å². The molecule has 2 saturated heterocycles. The summed E-state index contributed by atoms with van der Waals surface area (Å²) in [5, 5.41) is 11.0. The predicted molar refractivity (Wildman–Crippen MR) is 121 cm³/mol. The molecular weight excluding hydrogens is 424 g/mol. The van der Waals surface area contributed by atoms with Crippen LogP contribution in [0.1, 0.15) is 65.9 Å². The Labute approximate surface area is 195 Å². The third-order valence-electron chi connectivity index (χ3n) is 7.18. The highest BCUT2D eigenvalue weighted by Crippen LogP contribution is 2.40. The van der Waals surface area contributed by atoms with E-state index < -0.39 is 47.2 Å². The number of carbonyl (C=O) groups is 3. The first-order valence-electron chi connectivity index (χ1n) is 11.8. The van der Waals surface area contributed by atoms with Gasteiger partial charge in [-0.15, -0.1) is 0 Å². The molecule has 2 aliphatic heterocycles. The lowest BCUT2D eigenvalue weighted by atomic mass is 9.83. The van der Waals surface area contributed by atoms with E-state index in [0.717, 1.165) is 5.56 Å². The lowest BCUT2D eigenvalue weighted by Gasteiger charge is -2.33. The van der Waals surface area contributed by atoms with Crippen LogP contribution in [-0.4, -0.2) is 52.2 Å². The van der Waals surface area contributed by atoms with Gasteiger partial charge in [0.1, 0.15) is 11.7 Å². The van der Waals surface area contributed by atoms with E-state index in [4.69, 9.17) is 14.2 Å². The van der Waals surface area contributed by atoms with Crippen LogP contribution < -0.4 is 0 Å². The Morgan fingerprint density at radius 3 is 2.36 bits per heavy atom. The maximum Gasteiger partial charge on any atom is 0.311 e. The average Bonchev–Trinajstić information content (AvgIpc) is 3.08. The zero-order chi connectivity index (χ0) is 24.4. The van der Waals surface area contributed by atoms with Crippen LogP contribution in [0, 0.1) is 11.8 Å². The summed E-state index contributed by atoms with van der Waals surface area (Å²) in [6.07, 6.45) is -1.56. The fourth-order valence-electron chi connectivity index (χ4n) is 4.79. The smallest absolute Gasteiger partial charge is 0.311 e. The van der Waals surface area contributed by atoms with E-state index in [2.05, 4.69) is 0 Å². The third-order valence-corrected chi connectivity index (χ3v) is 7.18. The molecule has 1 aromatic carbocycles. The highest BCUT2D eigenvalue weighted by atomic mass is 16.6. The lowest BCUT2D eigenvalue weighted by molar-refractivity contribution is -0.177. The summed E-state index contributed by atoms with van der Waals surface area (Å²) in [6, 6.07) is 9.51. The van der Waals surface area contributed by atoms with Gasteiger partial charge in [-0.25, -0.2) is 0 Å². The Balaban J connectivity index is 1.92. The quantitative estimate of drug-likeness (QED) is 0.688. The van der Waals surface area contributed by atoms with E-state index in [-0.39, 0.29) is 37.6 Å². The van der Waals surface area contributed by atoms with Crippen LogP contribution in [0.4, 0.5) is 0 Å². The number of benzene rings is 1. The second kappa shape index (κ2) is 10.0. The topological polar surface area (TPSA) is 99.1 Å². The number of carbonyl (C=O) groups excluding carboxylic acids is 3. The van der Waals surface area contributed by atoms with Gasteiger partial charge in [0.05, 0.1) is 24.7 Å². The van der Waals surface area contributed by atoms with Crippen molar-refractivity contribution in [3.8, 4) is 0 Å². The Kier molecular flexibility index (Phi) is 7.76. The van der Waals surface area contributed by atoms with Crippen molar-refractivity contribution in [2.24, 2.45) is 11.8 Å². The summed E-state index contributed by atoms with van der Waals surface area (Å²) in [5.74, 6) is -2.05. The van der Waals surface area contributed by atoms with Crippen LogP contribution >= 0.6 is 0 Å². The highest BCUT2D eigenvalue weighted by Gasteiger charge is 2.51. The number of hydrogen-bond acceptors (Lipinski definition) is 7. The van der Waals surface area contributed by atoms with Gasteiger partial charge in [-0.05, 0) is 45.1 Å². The third kappa shape index (κ3) is 5.53. The number of Topliss-reactive ketones (excluding diaryl/α,β-unsaturated/α-hetero) is 2. The summed E-state index contributed by atoms with van der Waals surface area (Å²) in [4.78, 5) is 39.4. The van der Waals surface area contributed by atoms with Crippen molar-refractivity contribution in [1.82, 2.24) is 0 Å². The molecule has 33 heavy (non-hydrogen) atoms. The van der Waals surface area contributed by atoms with Crippen LogP contribution in [0.5, 0.6) is 0 Å². The maximum absolute atomic E-state index is 13.4. The minimum Gasteiger partial charge on any atom is -0.459 e. The molecule has 0 aliphatic carbocycles. The summed E-state index contributed by atoms with van der Waals surface area (Å²) in [7, 11) is 0. The van der Waals surface area contributed by atoms with Gasteiger partial charge in [0.15, 0.2) is 17.2 Å².